The Hall–Kier alpha value is 0.110. The van der Waals surface area contributed by atoms with Crippen LogP contribution in [-0.2, 0) is 4.79 Å². The van der Waals surface area contributed by atoms with Crippen LogP contribution in [0.4, 0.5) is 0 Å². The molecule has 0 fully saturated rings. The number of carbonyl (C=O) groups excluding carboxylic acids is 1. The Morgan fingerprint density at radius 3 is 2.83 bits per heavy atom. The second-order valence-corrected chi connectivity index (χ2v) is 5.40. The fourth-order valence-corrected chi connectivity index (χ4v) is 1.61. The number of allylic oxidation sites excluding steroid dienone is 4. The second kappa shape index (κ2) is 3.88. The number of ketones is 1. The maximum atomic E-state index is 11.2. The second-order valence-electron chi connectivity index (χ2n) is 3.03. The number of alkyl halides is 2. The van der Waals surface area contributed by atoms with Crippen molar-refractivity contribution in [2.75, 3.05) is 5.33 Å². The van der Waals surface area contributed by atoms with E-state index in [1.54, 1.807) is 0 Å². The fourth-order valence-electron chi connectivity index (χ4n) is 0.993. The van der Waals surface area contributed by atoms with E-state index in [0.717, 1.165) is 12.0 Å². The quantitative estimate of drug-likeness (QED) is 0.716. The largest absolute Gasteiger partial charge is 0.293 e. The van der Waals surface area contributed by atoms with Gasteiger partial charge in [-0.05, 0) is 13.3 Å². The maximum Gasteiger partial charge on any atom is 0.173 e. The highest BCUT2D eigenvalue weighted by Gasteiger charge is 2.19. The molecule has 0 N–H and O–H groups in total. The van der Waals surface area contributed by atoms with Gasteiger partial charge in [-0.25, -0.2) is 0 Å². The van der Waals surface area contributed by atoms with Crippen LogP contribution in [0, 0.1) is 0 Å². The molecule has 0 aromatic rings. The molecule has 0 aliphatic heterocycles. The highest BCUT2D eigenvalue weighted by Crippen LogP contribution is 2.29. The van der Waals surface area contributed by atoms with E-state index >= 15 is 0 Å². The Morgan fingerprint density at radius 1 is 1.75 bits per heavy atom. The van der Waals surface area contributed by atoms with Gasteiger partial charge in [0.2, 0.25) is 0 Å². The van der Waals surface area contributed by atoms with Crippen LogP contribution >= 0.6 is 31.9 Å². The van der Waals surface area contributed by atoms with Crippen LogP contribution in [0.15, 0.2) is 23.8 Å². The van der Waals surface area contributed by atoms with E-state index in [1.165, 1.54) is 0 Å². The molecule has 0 radical (unpaired) electrons. The summed E-state index contributed by atoms with van der Waals surface area (Å²) in [6.07, 6.45) is 6.74. The van der Waals surface area contributed by atoms with Gasteiger partial charge >= 0.3 is 0 Å². The SMILES string of the molecule is CC1(Br)C=CC(C(=O)CBr)=CC1. The molecule has 0 amide bonds. The molecule has 0 saturated heterocycles. The number of halogens is 2. The highest BCUT2D eigenvalue weighted by atomic mass is 79.9. The first-order valence-corrected chi connectivity index (χ1v) is 5.64. The van der Waals surface area contributed by atoms with Gasteiger partial charge in [0.25, 0.3) is 0 Å². The van der Waals surface area contributed by atoms with E-state index in [0.29, 0.717) is 5.33 Å². The van der Waals surface area contributed by atoms with E-state index in [2.05, 4.69) is 38.8 Å². The van der Waals surface area contributed by atoms with Gasteiger partial charge < -0.3 is 0 Å². The molecular weight excluding hydrogens is 284 g/mol. The van der Waals surface area contributed by atoms with Crippen LogP contribution in [0.5, 0.6) is 0 Å². The topological polar surface area (TPSA) is 17.1 Å². The first-order valence-electron chi connectivity index (χ1n) is 3.73. The Morgan fingerprint density at radius 2 is 2.42 bits per heavy atom. The maximum absolute atomic E-state index is 11.2. The van der Waals surface area contributed by atoms with E-state index in [9.17, 15) is 4.79 Å². The summed E-state index contributed by atoms with van der Waals surface area (Å²) in [7, 11) is 0. The minimum absolute atomic E-state index is 0.0308. The third-order valence-corrected chi connectivity index (χ3v) is 2.87. The van der Waals surface area contributed by atoms with Gasteiger partial charge in [0.1, 0.15) is 0 Å². The summed E-state index contributed by atoms with van der Waals surface area (Å²) in [4.78, 5) is 11.2. The lowest BCUT2D eigenvalue weighted by molar-refractivity contribution is -0.112. The summed E-state index contributed by atoms with van der Waals surface area (Å²) < 4.78 is 0.0308. The predicted octanol–water partition coefficient (Wildman–Crippen LogP) is 2.99. The smallest absolute Gasteiger partial charge is 0.173 e. The van der Waals surface area contributed by atoms with Gasteiger partial charge in [-0.15, -0.1) is 0 Å². The lowest BCUT2D eigenvalue weighted by Crippen LogP contribution is -2.15. The normalized spacial score (nSPS) is 28.4. The molecule has 0 heterocycles. The molecular formula is C9H10Br2O. The van der Waals surface area contributed by atoms with Crippen molar-refractivity contribution in [3.63, 3.8) is 0 Å². The third kappa shape index (κ3) is 2.56. The van der Waals surface area contributed by atoms with Gasteiger partial charge in [0.15, 0.2) is 5.78 Å². The zero-order valence-corrected chi connectivity index (χ0v) is 9.98. The molecule has 0 bridgehead atoms. The van der Waals surface area contributed by atoms with Crippen molar-refractivity contribution in [1.29, 1.82) is 0 Å². The van der Waals surface area contributed by atoms with Crippen LogP contribution in [0.25, 0.3) is 0 Å². The average Bonchev–Trinajstić information content (AvgIpc) is 2.03. The van der Waals surface area contributed by atoms with Gasteiger partial charge in [-0.2, -0.15) is 0 Å². The number of hydrogen-bond acceptors (Lipinski definition) is 1. The molecule has 12 heavy (non-hydrogen) atoms. The van der Waals surface area contributed by atoms with Crippen LogP contribution in [-0.4, -0.2) is 15.4 Å². The Labute approximate surface area is 89.2 Å². The zero-order chi connectivity index (χ0) is 9.19. The molecule has 0 saturated carbocycles. The Kier molecular flexibility index (Phi) is 3.29. The summed E-state index contributed by atoms with van der Waals surface area (Å²) in [6, 6.07) is 0. The third-order valence-electron chi connectivity index (χ3n) is 1.77. The first kappa shape index (κ1) is 10.2. The lowest BCUT2D eigenvalue weighted by Gasteiger charge is -2.19. The summed E-state index contributed by atoms with van der Waals surface area (Å²) in [5.74, 6) is 0.147. The van der Waals surface area contributed by atoms with Crippen molar-refractivity contribution >= 4 is 37.6 Å². The fraction of sp³-hybridized carbons (Fsp3) is 0.444. The summed E-state index contributed by atoms with van der Waals surface area (Å²) in [6.45, 7) is 2.08. The van der Waals surface area contributed by atoms with Crippen molar-refractivity contribution in [2.45, 2.75) is 17.7 Å². The van der Waals surface area contributed by atoms with E-state index in [-0.39, 0.29) is 10.1 Å². The Bertz CT molecular complexity index is 251. The van der Waals surface area contributed by atoms with Crippen molar-refractivity contribution in [3.05, 3.63) is 23.8 Å². The van der Waals surface area contributed by atoms with E-state index in [1.807, 2.05) is 18.2 Å². The Balaban J connectivity index is 2.71. The molecule has 1 unspecified atom stereocenters. The van der Waals surface area contributed by atoms with Crippen molar-refractivity contribution in [2.24, 2.45) is 0 Å². The average molecular weight is 294 g/mol. The molecule has 0 aromatic heterocycles. The van der Waals surface area contributed by atoms with E-state index < -0.39 is 0 Å². The molecule has 0 aromatic carbocycles. The number of Topliss-reactive ketones (excluding diaryl/α,β-unsaturated/α-hetero) is 1. The number of carbonyl (C=O) groups is 1. The van der Waals surface area contributed by atoms with E-state index in [4.69, 9.17) is 0 Å². The predicted molar refractivity (Wildman–Crippen MR) is 58.0 cm³/mol. The first-order chi connectivity index (χ1) is 5.55. The summed E-state index contributed by atoms with van der Waals surface area (Å²) >= 11 is 6.68. The monoisotopic (exact) mass is 292 g/mol. The lowest BCUT2D eigenvalue weighted by atomic mass is 9.97. The van der Waals surface area contributed by atoms with Crippen LogP contribution in [0.2, 0.25) is 0 Å². The molecule has 1 rings (SSSR count). The van der Waals surface area contributed by atoms with Gasteiger partial charge in [-0.3, -0.25) is 4.79 Å². The molecule has 3 heteroatoms. The molecule has 0 spiro atoms. The van der Waals surface area contributed by atoms with Crippen LogP contribution < -0.4 is 0 Å². The van der Waals surface area contributed by atoms with Gasteiger partial charge in [0, 0.05) is 9.90 Å². The van der Waals surface area contributed by atoms with Crippen LogP contribution in [0.1, 0.15) is 13.3 Å². The minimum Gasteiger partial charge on any atom is -0.293 e. The molecule has 1 atom stereocenters. The van der Waals surface area contributed by atoms with Crippen molar-refractivity contribution in [1.82, 2.24) is 0 Å². The van der Waals surface area contributed by atoms with Gasteiger partial charge in [0.05, 0.1) is 5.33 Å². The zero-order valence-electron chi connectivity index (χ0n) is 6.81. The molecule has 1 nitrogen and oxygen atoms in total. The summed E-state index contributed by atoms with van der Waals surface area (Å²) in [5.41, 5.74) is 0.809. The highest BCUT2D eigenvalue weighted by molar-refractivity contribution is 9.10. The number of rotatable bonds is 2. The van der Waals surface area contributed by atoms with Gasteiger partial charge in [-0.1, -0.05) is 50.1 Å². The minimum atomic E-state index is 0.0308. The summed E-state index contributed by atoms with van der Waals surface area (Å²) in [5, 5.41) is 0.405. The molecule has 66 valence electrons. The van der Waals surface area contributed by atoms with Crippen molar-refractivity contribution in [3.8, 4) is 0 Å². The van der Waals surface area contributed by atoms with Crippen molar-refractivity contribution < 1.29 is 4.79 Å². The standard InChI is InChI=1S/C9H10Br2O/c1-9(11)4-2-7(3-5-9)8(12)6-10/h2-4H,5-6H2,1H3. The molecule has 1 aliphatic carbocycles. The van der Waals surface area contributed by atoms with Crippen LogP contribution in [0.3, 0.4) is 0 Å². The molecule has 1 aliphatic rings. The number of hydrogen-bond donors (Lipinski definition) is 0.